The number of nitrogens with one attached hydrogen (secondary N) is 1. The molecule has 2 rings (SSSR count). The quantitative estimate of drug-likeness (QED) is 0.885. The summed E-state index contributed by atoms with van der Waals surface area (Å²) in [5, 5.41) is 3.22. The van der Waals surface area contributed by atoms with Gasteiger partial charge in [0.15, 0.2) is 0 Å². The lowest BCUT2D eigenvalue weighted by atomic mass is 10.4. The molecule has 0 amide bonds. The minimum atomic E-state index is -3.29. The van der Waals surface area contributed by atoms with E-state index in [9.17, 15) is 8.42 Å². The van der Waals surface area contributed by atoms with Crippen molar-refractivity contribution < 1.29 is 8.42 Å². The number of sulfonamides is 1. The first kappa shape index (κ1) is 13.0. The molecule has 96 valence electrons. The third-order valence-electron chi connectivity index (χ3n) is 2.91. The molecule has 6 heteroatoms. The van der Waals surface area contributed by atoms with Gasteiger partial charge in [-0.2, -0.15) is 4.31 Å². The molecule has 0 spiro atoms. The van der Waals surface area contributed by atoms with Crippen molar-refractivity contribution in [2.24, 2.45) is 0 Å². The maximum Gasteiger partial charge on any atom is 0.244 e. The molecule has 1 aromatic rings. The van der Waals surface area contributed by atoms with Gasteiger partial charge in [0, 0.05) is 29.4 Å². The molecule has 4 nitrogen and oxygen atoms in total. The van der Waals surface area contributed by atoms with Gasteiger partial charge in [-0.25, -0.2) is 8.42 Å². The van der Waals surface area contributed by atoms with E-state index in [1.54, 1.807) is 21.7 Å². The molecule has 17 heavy (non-hydrogen) atoms. The highest BCUT2D eigenvalue weighted by Crippen LogP contribution is 2.27. The number of hydrogen-bond donors (Lipinski definition) is 1. The first-order chi connectivity index (χ1) is 8.01. The van der Waals surface area contributed by atoms with Gasteiger partial charge in [-0.15, -0.1) is 11.3 Å². The SMILES string of the molecule is Cc1cc(S(=O)(=O)N2CCCNCC2)c(C)s1. The van der Waals surface area contributed by atoms with Crippen LogP contribution in [-0.4, -0.2) is 38.9 Å². The minimum absolute atomic E-state index is 0.488. The molecular weight excluding hydrogens is 256 g/mol. The average Bonchev–Trinajstić information content (AvgIpc) is 2.52. The van der Waals surface area contributed by atoms with Crippen molar-refractivity contribution in [3.05, 3.63) is 15.8 Å². The molecule has 1 fully saturated rings. The van der Waals surface area contributed by atoms with Crippen LogP contribution in [0.1, 0.15) is 16.2 Å². The van der Waals surface area contributed by atoms with Crippen LogP contribution in [0.2, 0.25) is 0 Å². The zero-order valence-electron chi connectivity index (χ0n) is 10.2. The average molecular weight is 274 g/mol. The van der Waals surface area contributed by atoms with E-state index in [4.69, 9.17) is 0 Å². The molecule has 0 atom stereocenters. The van der Waals surface area contributed by atoms with E-state index >= 15 is 0 Å². The molecule has 1 aliphatic rings. The largest absolute Gasteiger partial charge is 0.315 e. The summed E-state index contributed by atoms with van der Waals surface area (Å²) in [5.74, 6) is 0. The number of rotatable bonds is 2. The van der Waals surface area contributed by atoms with Crippen molar-refractivity contribution in [1.82, 2.24) is 9.62 Å². The topological polar surface area (TPSA) is 49.4 Å². The second kappa shape index (κ2) is 5.06. The highest BCUT2D eigenvalue weighted by atomic mass is 32.2. The Morgan fingerprint density at radius 3 is 2.71 bits per heavy atom. The lowest BCUT2D eigenvalue weighted by Crippen LogP contribution is -2.34. The Bertz CT molecular complexity index is 486. The Morgan fingerprint density at radius 2 is 2.06 bits per heavy atom. The van der Waals surface area contributed by atoms with Crippen LogP contribution in [-0.2, 0) is 10.0 Å². The second-order valence-corrected chi connectivity index (χ2v) is 7.65. The Kier molecular flexibility index (Phi) is 3.87. The molecule has 2 heterocycles. The summed E-state index contributed by atoms with van der Waals surface area (Å²) in [4.78, 5) is 2.43. The predicted molar refractivity (Wildman–Crippen MR) is 70.0 cm³/mol. The molecule has 0 aliphatic carbocycles. The van der Waals surface area contributed by atoms with Gasteiger partial charge < -0.3 is 5.32 Å². The van der Waals surface area contributed by atoms with Gasteiger partial charge in [0.2, 0.25) is 10.0 Å². The van der Waals surface area contributed by atoms with Crippen LogP contribution >= 0.6 is 11.3 Å². The number of thiophene rings is 1. The van der Waals surface area contributed by atoms with E-state index < -0.39 is 10.0 Å². The molecule has 1 saturated heterocycles. The van der Waals surface area contributed by atoms with Crippen LogP contribution in [0, 0.1) is 13.8 Å². The monoisotopic (exact) mass is 274 g/mol. The number of aryl methyl sites for hydroxylation is 2. The van der Waals surface area contributed by atoms with Crippen molar-refractivity contribution in [3.63, 3.8) is 0 Å². The van der Waals surface area contributed by atoms with Crippen molar-refractivity contribution in [2.75, 3.05) is 26.2 Å². The summed E-state index contributed by atoms with van der Waals surface area (Å²) < 4.78 is 26.6. The fourth-order valence-corrected chi connectivity index (χ4v) is 5.07. The van der Waals surface area contributed by atoms with Gasteiger partial charge in [-0.05, 0) is 32.9 Å². The van der Waals surface area contributed by atoms with Crippen LogP contribution in [0.4, 0.5) is 0 Å². The van der Waals surface area contributed by atoms with Crippen LogP contribution in [0.15, 0.2) is 11.0 Å². The van der Waals surface area contributed by atoms with E-state index in [0.29, 0.717) is 18.0 Å². The van der Waals surface area contributed by atoms with Gasteiger partial charge >= 0.3 is 0 Å². The van der Waals surface area contributed by atoms with Gasteiger partial charge in [0.1, 0.15) is 0 Å². The van der Waals surface area contributed by atoms with Crippen molar-refractivity contribution in [3.8, 4) is 0 Å². The Labute approximate surface area is 107 Å². The summed E-state index contributed by atoms with van der Waals surface area (Å²) in [7, 11) is -3.29. The van der Waals surface area contributed by atoms with Crippen molar-refractivity contribution >= 4 is 21.4 Å². The van der Waals surface area contributed by atoms with Gasteiger partial charge in [-0.1, -0.05) is 0 Å². The fourth-order valence-electron chi connectivity index (χ4n) is 2.06. The zero-order chi connectivity index (χ0) is 12.5. The number of nitrogens with zero attached hydrogens (tertiary/aromatic N) is 1. The van der Waals surface area contributed by atoms with Gasteiger partial charge in [0.25, 0.3) is 0 Å². The molecular formula is C11H18N2O2S2. The third-order valence-corrected chi connectivity index (χ3v) is 6.03. The minimum Gasteiger partial charge on any atom is -0.315 e. The Hall–Kier alpha value is -0.430. The zero-order valence-corrected chi connectivity index (χ0v) is 11.8. The molecule has 0 bridgehead atoms. The third kappa shape index (κ3) is 2.70. The van der Waals surface area contributed by atoms with Crippen molar-refractivity contribution in [2.45, 2.75) is 25.2 Å². The molecule has 0 unspecified atom stereocenters. The smallest absolute Gasteiger partial charge is 0.244 e. The van der Waals surface area contributed by atoms with E-state index in [1.165, 1.54) is 0 Å². The highest BCUT2D eigenvalue weighted by Gasteiger charge is 2.27. The van der Waals surface area contributed by atoms with Crippen LogP contribution in [0.3, 0.4) is 0 Å². The lowest BCUT2D eigenvalue weighted by molar-refractivity contribution is 0.432. The summed E-state index contributed by atoms with van der Waals surface area (Å²) >= 11 is 1.54. The van der Waals surface area contributed by atoms with E-state index in [-0.39, 0.29) is 0 Å². The normalized spacial score (nSPS) is 19.2. The fraction of sp³-hybridized carbons (Fsp3) is 0.636. The van der Waals surface area contributed by atoms with Crippen LogP contribution in [0.5, 0.6) is 0 Å². The molecule has 0 aromatic carbocycles. The molecule has 1 aliphatic heterocycles. The first-order valence-corrected chi connectivity index (χ1v) is 8.05. The van der Waals surface area contributed by atoms with Gasteiger partial charge in [0.05, 0.1) is 4.90 Å². The predicted octanol–water partition coefficient (Wildman–Crippen LogP) is 1.35. The van der Waals surface area contributed by atoms with E-state index in [2.05, 4.69) is 5.32 Å². The second-order valence-electron chi connectivity index (χ2n) is 4.29. The summed E-state index contributed by atoms with van der Waals surface area (Å²) in [6, 6.07) is 1.79. The highest BCUT2D eigenvalue weighted by molar-refractivity contribution is 7.89. The van der Waals surface area contributed by atoms with E-state index in [1.807, 2.05) is 13.8 Å². The van der Waals surface area contributed by atoms with E-state index in [0.717, 1.165) is 29.3 Å². The van der Waals surface area contributed by atoms with Crippen molar-refractivity contribution in [1.29, 1.82) is 0 Å². The summed E-state index contributed by atoms with van der Waals surface area (Å²) in [5.41, 5.74) is 0. The standard InChI is InChI=1S/C11H18N2O2S2/c1-9-8-11(10(2)16-9)17(14,15)13-6-3-4-12-5-7-13/h8,12H,3-7H2,1-2H3. The Balaban J connectivity index is 2.31. The maximum atomic E-state index is 12.5. The number of hydrogen-bond acceptors (Lipinski definition) is 4. The summed E-state index contributed by atoms with van der Waals surface area (Å²) in [6.07, 6.45) is 0.876. The Morgan fingerprint density at radius 1 is 1.29 bits per heavy atom. The lowest BCUT2D eigenvalue weighted by Gasteiger charge is -2.19. The maximum absolute atomic E-state index is 12.5. The van der Waals surface area contributed by atoms with Crippen LogP contribution < -0.4 is 5.32 Å². The molecule has 0 saturated carbocycles. The molecule has 0 radical (unpaired) electrons. The van der Waals surface area contributed by atoms with Gasteiger partial charge in [-0.3, -0.25) is 0 Å². The molecule has 1 N–H and O–H groups in total. The van der Waals surface area contributed by atoms with Crippen LogP contribution in [0.25, 0.3) is 0 Å². The first-order valence-electron chi connectivity index (χ1n) is 5.80. The molecule has 1 aromatic heterocycles. The summed E-state index contributed by atoms with van der Waals surface area (Å²) in [6.45, 7) is 6.64.